The zero-order valence-corrected chi connectivity index (χ0v) is 14.8. The molecule has 3 unspecified atom stereocenters. The van der Waals surface area contributed by atoms with Crippen molar-refractivity contribution in [1.29, 1.82) is 0 Å². The molecule has 0 aromatic heterocycles. The third kappa shape index (κ3) is 4.84. The Hall–Kier alpha value is -0.820. The van der Waals surface area contributed by atoms with E-state index >= 15 is 0 Å². The van der Waals surface area contributed by atoms with Gasteiger partial charge in [0.15, 0.2) is 0 Å². The first-order chi connectivity index (χ1) is 10.8. The Morgan fingerprint density at radius 2 is 1.73 bits per heavy atom. The normalized spacial score (nSPS) is 25.3. The Labute approximate surface area is 137 Å². The molecule has 1 aliphatic carbocycles. The van der Waals surface area contributed by atoms with Gasteiger partial charge in [-0.25, -0.2) is 0 Å². The van der Waals surface area contributed by atoms with Crippen LogP contribution in [0.3, 0.4) is 0 Å². The molecule has 0 heterocycles. The minimum absolute atomic E-state index is 0.414. The van der Waals surface area contributed by atoms with Crippen LogP contribution in [0.4, 0.5) is 0 Å². The van der Waals surface area contributed by atoms with E-state index in [-0.39, 0.29) is 0 Å². The molecule has 2 rings (SSSR count). The molecular formula is C21H34O. The van der Waals surface area contributed by atoms with Gasteiger partial charge in [0.1, 0.15) is 0 Å². The van der Waals surface area contributed by atoms with Crippen molar-refractivity contribution < 1.29 is 4.74 Å². The number of ether oxygens (including phenoxy) is 1. The molecule has 3 atom stereocenters. The highest BCUT2D eigenvalue weighted by Gasteiger charge is 2.31. The lowest BCUT2D eigenvalue weighted by atomic mass is 9.75. The number of hydrogen-bond acceptors (Lipinski definition) is 1. The number of hydrogen-bond donors (Lipinski definition) is 0. The maximum Gasteiger partial charge on any atom is 0.0642 e. The molecule has 0 amide bonds. The van der Waals surface area contributed by atoms with Crippen molar-refractivity contribution in [1.82, 2.24) is 0 Å². The largest absolute Gasteiger partial charge is 0.381 e. The topological polar surface area (TPSA) is 9.23 Å². The summed E-state index contributed by atoms with van der Waals surface area (Å²) in [5, 5.41) is 0. The van der Waals surface area contributed by atoms with E-state index in [1.807, 2.05) is 7.11 Å². The molecule has 0 saturated heterocycles. The van der Waals surface area contributed by atoms with Gasteiger partial charge in [0, 0.05) is 13.0 Å². The van der Waals surface area contributed by atoms with Crippen molar-refractivity contribution in [2.24, 2.45) is 5.92 Å². The fourth-order valence-corrected chi connectivity index (χ4v) is 3.92. The monoisotopic (exact) mass is 302 g/mol. The molecule has 0 aliphatic heterocycles. The van der Waals surface area contributed by atoms with Crippen LogP contribution in [0, 0.1) is 5.92 Å². The van der Waals surface area contributed by atoms with Crippen molar-refractivity contribution in [3.8, 4) is 0 Å². The second-order valence-electron chi connectivity index (χ2n) is 7.05. The second kappa shape index (κ2) is 9.35. The molecule has 22 heavy (non-hydrogen) atoms. The van der Waals surface area contributed by atoms with Crippen LogP contribution < -0.4 is 0 Å². The van der Waals surface area contributed by atoms with Crippen LogP contribution in [0.25, 0.3) is 0 Å². The van der Waals surface area contributed by atoms with Crippen molar-refractivity contribution >= 4 is 0 Å². The molecule has 0 radical (unpaired) electrons. The van der Waals surface area contributed by atoms with Crippen molar-refractivity contribution in [3.63, 3.8) is 0 Å². The van der Waals surface area contributed by atoms with Gasteiger partial charge >= 0.3 is 0 Å². The van der Waals surface area contributed by atoms with E-state index in [1.54, 1.807) is 0 Å². The smallest absolute Gasteiger partial charge is 0.0642 e. The van der Waals surface area contributed by atoms with Crippen LogP contribution in [-0.4, -0.2) is 13.2 Å². The highest BCUT2D eigenvalue weighted by Crippen LogP contribution is 2.39. The Morgan fingerprint density at radius 1 is 1.00 bits per heavy atom. The van der Waals surface area contributed by atoms with Crippen LogP contribution >= 0.6 is 0 Å². The molecular weight excluding hydrogens is 268 g/mol. The summed E-state index contributed by atoms with van der Waals surface area (Å²) in [5.74, 6) is 1.48. The first-order valence-corrected chi connectivity index (χ1v) is 9.40. The lowest BCUT2D eigenvalue weighted by molar-refractivity contribution is 0.0305. The second-order valence-corrected chi connectivity index (χ2v) is 7.05. The molecule has 1 heteroatoms. The SMILES string of the molecule is CCCCc1ccc(C2CCC(CCCC)CC2OC)cc1. The number of unbranched alkanes of at least 4 members (excludes halogenated alkanes) is 2. The Bertz CT molecular complexity index is 408. The summed E-state index contributed by atoms with van der Waals surface area (Å²) in [5.41, 5.74) is 2.97. The molecule has 1 fully saturated rings. The summed E-state index contributed by atoms with van der Waals surface area (Å²) in [6, 6.07) is 9.38. The van der Waals surface area contributed by atoms with Gasteiger partial charge in [-0.1, -0.05) is 63.8 Å². The molecule has 1 saturated carbocycles. The van der Waals surface area contributed by atoms with E-state index in [1.165, 1.54) is 68.9 Å². The van der Waals surface area contributed by atoms with Crippen molar-refractivity contribution in [2.45, 2.75) is 83.7 Å². The summed E-state index contributed by atoms with van der Waals surface area (Å²) in [7, 11) is 1.90. The van der Waals surface area contributed by atoms with Gasteiger partial charge < -0.3 is 4.74 Å². The highest BCUT2D eigenvalue weighted by atomic mass is 16.5. The van der Waals surface area contributed by atoms with Gasteiger partial charge in [-0.3, -0.25) is 0 Å². The van der Waals surface area contributed by atoms with E-state index in [0.717, 1.165) is 5.92 Å². The van der Waals surface area contributed by atoms with Gasteiger partial charge in [-0.2, -0.15) is 0 Å². The Kier molecular flexibility index (Phi) is 7.45. The van der Waals surface area contributed by atoms with Crippen LogP contribution in [0.5, 0.6) is 0 Å². The van der Waals surface area contributed by atoms with Gasteiger partial charge in [-0.15, -0.1) is 0 Å². The number of aryl methyl sites for hydroxylation is 1. The van der Waals surface area contributed by atoms with E-state index in [2.05, 4.69) is 38.1 Å². The fraction of sp³-hybridized carbons (Fsp3) is 0.714. The van der Waals surface area contributed by atoms with E-state index in [4.69, 9.17) is 4.74 Å². The third-order valence-electron chi connectivity index (χ3n) is 5.40. The van der Waals surface area contributed by atoms with Gasteiger partial charge in [0.05, 0.1) is 6.10 Å². The number of rotatable bonds is 8. The molecule has 0 bridgehead atoms. The summed E-state index contributed by atoms with van der Waals surface area (Å²) in [6.45, 7) is 4.55. The zero-order chi connectivity index (χ0) is 15.8. The fourth-order valence-electron chi connectivity index (χ4n) is 3.92. The minimum atomic E-state index is 0.414. The molecule has 1 nitrogen and oxygen atoms in total. The maximum absolute atomic E-state index is 5.86. The molecule has 1 aliphatic rings. The quantitative estimate of drug-likeness (QED) is 0.562. The Balaban J connectivity index is 1.96. The van der Waals surface area contributed by atoms with Crippen LogP contribution in [0.15, 0.2) is 24.3 Å². The predicted molar refractivity (Wildman–Crippen MR) is 95.5 cm³/mol. The minimum Gasteiger partial charge on any atom is -0.381 e. The highest BCUT2D eigenvalue weighted by molar-refractivity contribution is 5.27. The van der Waals surface area contributed by atoms with Crippen LogP contribution in [-0.2, 0) is 11.2 Å². The zero-order valence-electron chi connectivity index (χ0n) is 14.8. The average molecular weight is 303 g/mol. The first kappa shape index (κ1) is 17.5. The maximum atomic E-state index is 5.86. The lowest BCUT2D eigenvalue weighted by Crippen LogP contribution is -2.29. The molecule has 1 aromatic rings. The standard InChI is InChI=1S/C21H34O/c1-4-6-8-17-10-13-19(14-11-17)20-15-12-18(9-7-5-2)16-21(20)22-3/h10-11,13-14,18,20-21H,4-9,12,15-16H2,1-3H3. The number of methoxy groups -OCH3 is 1. The van der Waals surface area contributed by atoms with E-state index in [9.17, 15) is 0 Å². The van der Waals surface area contributed by atoms with Crippen molar-refractivity contribution in [3.05, 3.63) is 35.4 Å². The van der Waals surface area contributed by atoms with Gasteiger partial charge in [0.2, 0.25) is 0 Å². The lowest BCUT2D eigenvalue weighted by Gasteiger charge is -2.35. The molecule has 124 valence electrons. The Morgan fingerprint density at radius 3 is 2.36 bits per heavy atom. The van der Waals surface area contributed by atoms with E-state index < -0.39 is 0 Å². The predicted octanol–water partition coefficient (Wildman–Crippen LogP) is 6.12. The molecule has 0 N–H and O–H groups in total. The van der Waals surface area contributed by atoms with Crippen molar-refractivity contribution in [2.75, 3.05) is 7.11 Å². The van der Waals surface area contributed by atoms with Gasteiger partial charge in [-0.05, 0) is 49.1 Å². The average Bonchev–Trinajstić information content (AvgIpc) is 2.58. The van der Waals surface area contributed by atoms with E-state index in [0.29, 0.717) is 12.0 Å². The summed E-state index contributed by atoms with van der Waals surface area (Å²) >= 11 is 0. The van der Waals surface area contributed by atoms with Crippen LogP contribution in [0.2, 0.25) is 0 Å². The summed E-state index contributed by atoms with van der Waals surface area (Å²) < 4.78 is 5.86. The molecule has 0 spiro atoms. The summed E-state index contributed by atoms with van der Waals surface area (Å²) in [6.07, 6.45) is 12.2. The van der Waals surface area contributed by atoms with Crippen LogP contribution in [0.1, 0.15) is 82.3 Å². The summed E-state index contributed by atoms with van der Waals surface area (Å²) in [4.78, 5) is 0. The number of benzene rings is 1. The third-order valence-corrected chi connectivity index (χ3v) is 5.40. The molecule has 1 aromatic carbocycles. The van der Waals surface area contributed by atoms with Gasteiger partial charge in [0.25, 0.3) is 0 Å². The first-order valence-electron chi connectivity index (χ1n) is 9.40.